The Labute approximate surface area is 170 Å². The number of hydrogen-bond acceptors (Lipinski definition) is 6. The molecule has 0 saturated carbocycles. The van der Waals surface area contributed by atoms with Gasteiger partial charge in [-0.25, -0.2) is 0 Å². The van der Waals surface area contributed by atoms with Crippen LogP contribution in [-0.4, -0.2) is 29.9 Å². The average molecular weight is 412 g/mol. The number of benzene rings is 2. The first kappa shape index (κ1) is 19.9. The summed E-state index contributed by atoms with van der Waals surface area (Å²) >= 11 is 5.95. The number of ketones is 1. The first-order chi connectivity index (χ1) is 13.9. The van der Waals surface area contributed by atoms with E-state index in [9.17, 15) is 20.2 Å². The molecule has 3 rings (SSSR count). The molecule has 0 aliphatic carbocycles. The highest BCUT2D eigenvalue weighted by atomic mass is 35.5. The molecular formula is C20H14ClN3O5. The molecule has 0 spiro atoms. The SMILES string of the molecule is COc1cc(C=C(C#N)C(=O)c2c[nH]c3cc(Cl)ccc23)c([N+](=O)[O-])cc1OC. The fourth-order valence-corrected chi connectivity index (χ4v) is 3.07. The van der Waals surface area contributed by atoms with Crippen LogP contribution in [0.4, 0.5) is 5.69 Å². The standard InChI is InChI=1S/C20H14ClN3O5/c1-28-18-6-11(17(24(26)27)8-19(18)29-2)5-12(9-22)20(25)15-10-23-16-7-13(21)3-4-14(15)16/h3-8,10,23H,1-2H3. The van der Waals surface area contributed by atoms with Crippen molar-refractivity contribution in [2.45, 2.75) is 0 Å². The molecule has 0 aliphatic heterocycles. The number of methoxy groups -OCH3 is 2. The number of aromatic amines is 1. The number of Topliss-reactive ketones (excluding diaryl/α,β-unsaturated/α-hetero) is 1. The Hall–Kier alpha value is -3.83. The second kappa shape index (κ2) is 8.04. The van der Waals surface area contributed by atoms with Crippen LogP contribution in [0.2, 0.25) is 5.02 Å². The molecule has 0 amide bonds. The maximum atomic E-state index is 12.9. The highest BCUT2D eigenvalue weighted by molar-refractivity contribution is 6.31. The van der Waals surface area contributed by atoms with Crippen LogP contribution in [0, 0.1) is 21.4 Å². The molecule has 3 aromatic rings. The number of rotatable bonds is 6. The number of allylic oxidation sites excluding steroid dienone is 1. The summed E-state index contributed by atoms with van der Waals surface area (Å²) in [4.78, 5) is 26.7. The largest absolute Gasteiger partial charge is 0.493 e. The number of H-pyrrole nitrogens is 1. The Kier molecular flexibility index (Phi) is 5.52. The molecule has 0 fully saturated rings. The van der Waals surface area contributed by atoms with Crippen LogP contribution in [0.5, 0.6) is 11.5 Å². The van der Waals surface area contributed by atoms with E-state index in [-0.39, 0.29) is 33.9 Å². The molecule has 0 bridgehead atoms. The van der Waals surface area contributed by atoms with E-state index in [0.29, 0.717) is 15.9 Å². The zero-order valence-electron chi connectivity index (χ0n) is 15.4. The van der Waals surface area contributed by atoms with Gasteiger partial charge in [0.25, 0.3) is 5.69 Å². The van der Waals surface area contributed by atoms with Crippen molar-refractivity contribution in [2.75, 3.05) is 14.2 Å². The molecule has 0 aliphatic rings. The zero-order valence-corrected chi connectivity index (χ0v) is 16.1. The molecule has 0 unspecified atom stereocenters. The number of nitriles is 1. The summed E-state index contributed by atoms with van der Waals surface area (Å²) in [5.74, 6) is -0.185. The Morgan fingerprint density at radius 1 is 1.24 bits per heavy atom. The fourth-order valence-electron chi connectivity index (χ4n) is 2.89. The summed E-state index contributed by atoms with van der Waals surface area (Å²) in [5, 5.41) is 22.1. The molecule has 9 heteroatoms. The number of carbonyl (C=O) groups excluding carboxylic acids is 1. The van der Waals surface area contributed by atoms with Crippen molar-refractivity contribution in [3.05, 3.63) is 68.4 Å². The molecule has 1 heterocycles. The zero-order chi connectivity index (χ0) is 21.1. The number of aromatic nitrogens is 1. The number of fused-ring (bicyclic) bond motifs is 1. The Balaban J connectivity index is 2.13. The monoisotopic (exact) mass is 411 g/mol. The lowest BCUT2D eigenvalue weighted by molar-refractivity contribution is -0.385. The summed E-state index contributed by atoms with van der Waals surface area (Å²) in [6.45, 7) is 0. The first-order valence-corrected chi connectivity index (χ1v) is 8.61. The van der Waals surface area contributed by atoms with Gasteiger partial charge in [0.2, 0.25) is 5.78 Å². The van der Waals surface area contributed by atoms with E-state index in [4.69, 9.17) is 21.1 Å². The minimum atomic E-state index is -0.624. The van der Waals surface area contributed by atoms with E-state index in [2.05, 4.69) is 4.98 Å². The first-order valence-electron chi connectivity index (χ1n) is 8.23. The number of halogens is 1. The van der Waals surface area contributed by atoms with E-state index in [0.717, 1.165) is 6.08 Å². The summed E-state index contributed by atoms with van der Waals surface area (Å²) in [6, 6.07) is 9.29. The number of hydrogen-bond donors (Lipinski definition) is 1. The van der Waals surface area contributed by atoms with Crippen molar-refractivity contribution in [1.82, 2.24) is 4.98 Å². The van der Waals surface area contributed by atoms with E-state index < -0.39 is 10.7 Å². The minimum absolute atomic E-state index is 0.0421. The Bertz CT molecular complexity index is 1210. The molecule has 146 valence electrons. The van der Waals surface area contributed by atoms with Crippen LogP contribution in [0.3, 0.4) is 0 Å². The van der Waals surface area contributed by atoms with Gasteiger partial charge >= 0.3 is 0 Å². The van der Waals surface area contributed by atoms with Gasteiger partial charge in [-0.3, -0.25) is 14.9 Å². The molecule has 1 aromatic heterocycles. The number of nitro benzene ring substituents is 1. The number of ether oxygens (including phenoxy) is 2. The summed E-state index contributed by atoms with van der Waals surface area (Å²) in [7, 11) is 2.73. The molecule has 8 nitrogen and oxygen atoms in total. The van der Waals surface area contributed by atoms with Crippen molar-refractivity contribution < 1.29 is 19.2 Å². The van der Waals surface area contributed by atoms with Crippen molar-refractivity contribution in [3.8, 4) is 17.6 Å². The van der Waals surface area contributed by atoms with Crippen LogP contribution < -0.4 is 9.47 Å². The molecule has 0 atom stereocenters. The van der Waals surface area contributed by atoms with Gasteiger partial charge in [-0.15, -0.1) is 0 Å². The van der Waals surface area contributed by atoms with E-state index in [1.165, 1.54) is 32.5 Å². The van der Waals surface area contributed by atoms with Crippen LogP contribution >= 0.6 is 11.6 Å². The second-order valence-corrected chi connectivity index (χ2v) is 6.35. The minimum Gasteiger partial charge on any atom is -0.493 e. The lowest BCUT2D eigenvalue weighted by Crippen LogP contribution is -2.02. The molecule has 2 aromatic carbocycles. The number of nitro groups is 1. The van der Waals surface area contributed by atoms with E-state index >= 15 is 0 Å². The van der Waals surface area contributed by atoms with Crippen molar-refractivity contribution in [1.29, 1.82) is 5.26 Å². The summed E-state index contributed by atoms with van der Waals surface area (Å²) < 4.78 is 10.2. The fraction of sp³-hybridized carbons (Fsp3) is 0.100. The highest BCUT2D eigenvalue weighted by Crippen LogP contribution is 2.36. The van der Waals surface area contributed by atoms with Gasteiger partial charge in [-0.2, -0.15) is 5.26 Å². The van der Waals surface area contributed by atoms with Gasteiger partial charge in [0.05, 0.1) is 30.8 Å². The van der Waals surface area contributed by atoms with Crippen LogP contribution in [0.15, 0.2) is 42.1 Å². The van der Waals surface area contributed by atoms with Gasteiger partial charge in [-0.1, -0.05) is 17.7 Å². The molecule has 0 saturated heterocycles. The van der Waals surface area contributed by atoms with Crippen molar-refractivity contribution in [3.63, 3.8) is 0 Å². The maximum Gasteiger partial charge on any atom is 0.280 e. The van der Waals surface area contributed by atoms with E-state index in [1.807, 2.05) is 6.07 Å². The molecule has 0 radical (unpaired) electrons. The van der Waals surface area contributed by atoms with Gasteiger partial charge in [0, 0.05) is 27.7 Å². The predicted molar refractivity (Wildman–Crippen MR) is 107 cm³/mol. The van der Waals surface area contributed by atoms with Crippen molar-refractivity contribution in [2.24, 2.45) is 0 Å². The molecular weight excluding hydrogens is 398 g/mol. The third kappa shape index (κ3) is 3.77. The smallest absolute Gasteiger partial charge is 0.280 e. The second-order valence-electron chi connectivity index (χ2n) is 5.91. The van der Waals surface area contributed by atoms with Crippen LogP contribution in [0.25, 0.3) is 17.0 Å². The number of nitrogens with zero attached hydrogens (tertiary/aromatic N) is 2. The van der Waals surface area contributed by atoms with Gasteiger partial charge in [0.15, 0.2) is 11.5 Å². The maximum absolute atomic E-state index is 12.9. The lowest BCUT2D eigenvalue weighted by Gasteiger charge is -2.09. The quantitative estimate of drug-likeness (QED) is 0.209. The normalized spacial score (nSPS) is 11.2. The van der Waals surface area contributed by atoms with Crippen LogP contribution in [0.1, 0.15) is 15.9 Å². The summed E-state index contributed by atoms with van der Waals surface area (Å²) in [5.41, 5.74) is 0.341. The Morgan fingerprint density at radius 2 is 1.93 bits per heavy atom. The van der Waals surface area contributed by atoms with Gasteiger partial charge in [0.1, 0.15) is 11.6 Å². The molecule has 29 heavy (non-hydrogen) atoms. The average Bonchev–Trinajstić information content (AvgIpc) is 3.13. The van der Waals surface area contributed by atoms with E-state index in [1.54, 1.807) is 18.2 Å². The molecule has 1 N–H and O–H groups in total. The summed E-state index contributed by atoms with van der Waals surface area (Å²) in [6.07, 6.45) is 2.63. The van der Waals surface area contributed by atoms with Gasteiger partial charge in [-0.05, 0) is 24.3 Å². The third-order valence-electron chi connectivity index (χ3n) is 4.28. The van der Waals surface area contributed by atoms with Crippen LogP contribution in [-0.2, 0) is 0 Å². The predicted octanol–water partition coefficient (Wildman–Crippen LogP) is 4.54. The highest BCUT2D eigenvalue weighted by Gasteiger charge is 2.22. The Morgan fingerprint density at radius 3 is 2.55 bits per heavy atom. The number of nitrogens with one attached hydrogen (secondary N) is 1. The third-order valence-corrected chi connectivity index (χ3v) is 4.52. The topological polar surface area (TPSA) is 118 Å². The van der Waals surface area contributed by atoms with Gasteiger partial charge < -0.3 is 14.5 Å². The number of carbonyl (C=O) groups is 1. The lowest BCUT2D eigenvalue weighted by atomic mass is 10.0. The van der Waals surface area contributed by atoms with Crippen molar-refractivity contribution >= 4 is 40.1 Å².